The van der Waals surface area contributed by atoms with Crippen LogP contribution in [-0.4, -0.2) is 56.8 Å². The van der Waals surface area contributed by atoms with Crippen molar-refractivity contribution in [3.05, 3.63) is 23.8 Å². The highest BCUT2D eigenvalue weighted by atomic mass is 127. The summed E-state index contributed by atoms with van der Waals surface area (Å²) in [6, 6.07) is 5.92. The summed E-state index contributed by atoms with van der Waals surface area (Å²) in [4.78, 5) is 6.73. The Morgan fingerprint density at radius 1 is 1.25 bits per heavy atom. The standard InChI is InChI=1S/C19H30F2N4O2.HI/c1-13(2)25-9-7-15(8-10-25)24-19(22-3)23-12-14-5-6-16(26-4)17(11-14)27-18(20)21;/h5-6,11,13,15,18H,7-10,12H2,1-4H3,(H2,22,23,24);1H. The van der Waals surface area contributed by atoms with Crippen LogP contribution in [0.2, 0.25) is 0 Å². The van der Waals surface area contributed by atoms with Crippen LogP contribution in [-0.2, 0) is 6.54 Å². The van der Waals surface area contributed by atoms with E-state index in [4.69, 9.17) is 4.74 Å². The van der Waals surface area contributed by atoms with Gasteiger partial charge in [0.15, 0.2) is 17.5 Å². The fourth-order valence-electron chi connectivity index (χ4n) is 3.15. The highest BCUT2D eigenvalue weighted by molar-refractivity contribution is 14.0. The third-order valence-corrected chi connectivity index (χ3v) is 4.73. The number of rotatable bonds is 7. The molecular formula is C19H31F2IN4O2. The predicted molar refractivity (Wildman–Crippen MR) is 118 cm³/mol. The molecule has 0 aliphatic carbocycles. The maximum Gasteiger partial charge on any atom is 0.387 e. The van der Waals surface area contributed by atoms with Gasteiger partial charge in [0.2, 0.25) is 0 Å². The van der Waals surface area contributed by atoms with Gasteiger partial charge in [-0.1, -0.05) is 6.07 Å². The molecule has 9 heteroatoms. The second kappa shape index (κ2) is 12.3. The molecule has 0 atom stereocenters. The maximum atomic E-state index is 12.5. The molecular weight excluding hydrogens is 481 g/mol. The molecule has 0 spiro atoms. The first kappa shape index (κ1) is 24.7. The summed E-state index contributed by atoms with van der Waals surface area (Å²) in [5.74, 6) is 0.999. The molecule has 1 fully saturated rings. The van der Waals surface area contributed by atoms with E-state index in [0.717, 1.165) is 31.5 Å². The summed E-state index contributed by atoms with van der Waals surface area (Å²) >= 11 is 0. The lowest BCUT2D eigenvalue weighted by molar-refractivity contribution is -0.0512. The molecule has 0 unspecified atom stereocenters. The van der Waals surface area contributed by atoms with Crippen molar-refractivity contribution in [3.8, 4) is 11.5 Å². The summed E-state index contributed by atoms with van der Waals surface area (Å²) < 4.78 is 34.7. The molecule has 2 rings (SSSR count). The SMILES string of the molecule is CN=C(NCc1ccc(OC)c(OC(F)F)c1)NC1CCN(C(C)C)CC1.I. The van der Waals surface area contributed by atoms with E-state index >= 15 is 0 Å². The average Bonchev–Trinajstić information content (AvgIpc) is 2.65. The Bertz CT molecular complexity index is 624. The zero-order valence-electron chi connectivity index (χ0n) is 16.9. The number of likely N-dealkylation sites (tertiary alicyclic amines) is 1. The minimum atomic E-state index is -2.90. The van der Waals surface area contributed by atoms with Gasteiger partial charge in [-0.25, -0.2) is 0 Å². The lowest BCUT2D eigenvalue weighted by Gasteiger charge is -2.35. The van der Waals surface area contributed by atoms with Crippen LogP contribution in [0.4, 0.5) is 8.78 Å². The van der Waals surface area contributed by atoms with Crippen molar-refractivity contribution in [1.29, 1.82) is 0 Å². The number of benzene rings is 1. The van der Waals surface area contributed by atoms with Crippen LogP contribution in [0.1, 0.15) is 32.3 Å². The van der Waals surface area contributed by atoms with Crippen LogP contribution < -0.4 is 20.1 Å². The Morgan fingerprint density at radius 3 is 2.46 bits per heavy atom. The van der Waals surface area contributed by atoms with Crippen molar-refractivity contribution in [2.24, 2.45) is 4.99 Å². The zero-order chi connectivity index (χ0) is 19.8. The minimum absolute atomic E-state index is 0. The smallest absolute Gasteiger partial charge is 0.387 e. The fraction of sp³-hybridized carbons (Fsp3) is 0.632. The first-order valence-electron chi connectivity index (χ1n) is 9.26. The normalized spacial score (nSPS) is 16.1. The van der Waals surface area contributed by atoms with Gasteiger partial charge in [0, 0.05) is 38.8 Å². The van der Waals surface area contributed by atoms with Gasteiger partial charge in [0.25, 0.3) is 0 Å². The van der Waals surface area contributed by atoms with E-state index in [1.165, 1.54) is 7.11 Å². The summed E-state index contributed by atoms with van der Waals surface area (Å²) in [6.07, 6.45) is 2.13. The fourth-order valence-corrected chi connectivity index (χ4v) is 3.15. The van der Waals surface area contributed by atoms with Crippen molar-refractivity contribution >= 4 is 29.9 Å². The second-order valence-electron chi connectivity index (χ2n) is 6.84. The van der Waals surface area contributed by atoms with Crippen molar-refractivity contribution in [1.82, 2.24) is 15.5 Å². The Balaban J connectivity index is 0.00000392. The Kier molecular flexibility index (Phi) is 10.8. The number of aliphatic imine (C=N–C) groups is 1. The van der Waals surface area contributed by atoms with E-state index in [0.29, 0.717) is 24.6 Å². The molecule has 160 valence electrons. The Hall–Kier alpha value is -1.36. The number of methoxy groups -OCH3 is 1. The van der Waals surface area contributed by atoms with E-state index in [2.05, 4.69) is 39.1 Å². The van der Waals surface area contributed by atoms with E-state index in [9.17, 15) is 8.78 Å². The summed E-state index contributed by atoms with van der Waals surface area (Å²) in [5, 5.41) is 6.67. The van der Waals surface area contributed by atoms with Gasteiger partial charge in [-0.3, -0.25) is 4.99 Å². The first-order chi connectivity index (χ1) is 12.9. The van der Waals surface area contributed by atoms with Crippen molar-refractivity contribution in [2.75, 3.05) is 27.2 Å². The van der Waals surface area contributed by atoms with E-state index in [1.807, 2.05) is 0 Å². The summed E-state index contributed by atoms with van der Waals surface area (Å²) in [5.41, 5.74) is 0.795. The number of guanidine groups is 1. The highest BCUT2D eigenvalue weighted by Gasteiger charge is 2.21. The lowest BCUT2D eigenvalue weighted by Crippen LogP contribution is -2.49. The Morgan fingerprint density at radius 2 is 1.93 bits per heavy atom. The minimum Gasteiger partial charge on any atom is -0.493 e. The highest BCUT2D eigenvalue weighted by Crippen LogP contribution is 2.29. The van der Waals surface area contributed by atoms with E-state index in [1.54, 1.807) is 25.2 Å². The molecule has 1 aromatic rings. The monoisotopic (exact) mass is 512 g/mol. The number of halogens is 3. The zero-order valence-corrected chi connectivity index (χ0v) is 19.2. The third kappa shape index (κ3) is 7.57. The number of piperidine rings is 1. The van der Waals surface area contributed by atoms with Gasteiger partial charge in [-0.05, 0) is 44.4 Å². The summed E-state index contributed by atoms with van der Waals surface area (Å²) in [7, 11) is 3.14. The Labute approximate surface area is 183 Å². The molecule has 2 N–H and O–H groups in total. The molecule has 0 saturated carbocycles. The topological polar surface area (TPSA) is 58.1 Å². The molecule has 1 heterocycles. The maximum absolute atomic E-state index is 12.5. The number of nitrogens with zero attached hydrogens (tertiary/aromatic N) is 2. The van der Waals surface area contributed by atoms with Crippen LogP contribution in [0.3, 0.4) is 0 Å². The molecule has 1 saturated heterocycles. The van der Waals surface area contributed by atoms with Crippen LogP contribution in [0.5, 0.6) is 11.5 Å². The van der Waals surface area contributed by atoms with Crippen LogP contribution >= 0.6 is 24.0 Å². The van der Waals surface area contributed by atoms with Crippen molar-refractivity contribution in [2.45, 2.75) is 51.9 Å². The second-order valence-corrected chi connectivity index (χ2v) is 6.84. The van der Waals surface area contributed by atoms with Gasteiger partial charge >= 0.3 is 6.61 Å². The van der Waals surface area contributed by atoms with Crippen LogP contribution in [0, 0.1) is 0 Å². The first-order valence-corrected chi connectivity index (χ1v) is 9.26. The number of ether oxygens (including phenoxy) is 2. The molecule has 28 heavy (non-hydrogen) atoms. The number of hydrogen-bond acceptors (Lipinski definition) is 4. The van der Waals surface area contributed by atoms with E-state index < -0.39 is 6.61 Å². The number of alkyl halides is 2. The predicted octanol–water partition coefficient (Wildman–Crippen LogP) is 3.45. The molecule has 1 aromatic carbocycles. The van der Waals surface area contributed by atoms with Crippen LogP contribution in [0.25, 0.3) is 0 Å². The molecule has 1 aliphatic heterocycles. The van der Waals surface area contributed by atoms with Crippen molar-refractivity contribution in [3.63, 3.8) is 0 Å². The lowest BCUT2D eigenvalue weighted by atomic mass is 10.0. The molecule has 0 aromatic heterocycles. The largest absolute Gasteiger partial charge is 0.493 e. The van der Waals surface area contributed by atoms with Crippen LogP contribution in [0.15, 0.2) is 23.2 Å². The van der Waals surface area contributed by atoms with Gasteiger partial charge < -0.3 is 25.0 Å². The molecule has 6 nitrogen and oxygen atoms in total. The van der Waals surface area contributed by atoms with Gasteiger partial charge in [-0.15, -0.1) is 24.0 Å². The number of hydrogen-bond donors (Lipinski definition) is 2. The summed E-state index contributed by atoms with van der Waals surface area (Å²) in [6.45, 7) is 4.12. The molecule has 0 bridgehead atoms. The third-order valence-electron chi connectivity index (χ3n) is 4.73. The molecule has 0 radical (unpaired) electrons. The quantitative estimate of drug-likeness (QED) is 0.333. The van der Waals surface area contributed by atoms with E-state index in [-0.39, 0.29) is 35.5 Å². The van der Waals surface area contributed by atoms with Gasteiger partial charge in [0.1, 0.15) is 0 Å². The van der Waals surface area contributed by atoms with Gasteiger partial charge in [0.05, 0.1) is 7.11 Å². The molecule has 1 aliphatic rings. The van der Waals surface area contributed by atoms with Crippen molar-refractivity contribution < 1.29 is 18.3 Å². The number of nitrogens with one attached hydrogen (secondary N) is 2. The molecule has 0 amide bonds. The van der Waals surface area contributed by atoms with Gasteiger partial charge in [-0.2, -0.15) is 8.78 Å². The average molecular weight is 512 g/mol.